The van der Waals surface area contributed by atoms with Crippen LogP contribution in [0.5, 0.6) is 0 Å². The Balaban J connectivity index is 2.44. The molecule has 1 rings (SSSR count). The highest BCUT2D eigenvalue weighted by molar-refractivity contribution is 7.85. The van der Waals surface area contributed by atoms with E-state index >= 15 is 0 Å². The van der Waals surface area contributed by atoms with Crippen LogP contribution >= 0.6 is 0 Å². The number of unbranched alkanes of at least 4 members (excludes halogenated alkanes) is 2. The summed E-state index contributed by atoms with van der Waals surface area (Å²) in [7, 11) is -1.13. The summed E-state index contributed by atoms with van der Waals surface area (Å²) in [6, 6.07) is 7.60. The van der Waals surface area contributed by atoms with Crippen molar-refractivity contribution in [2.45, 2.75) is 44.1 Å². The lowest BCUT2D eigenvalue weighted by Gasteiger charge is -2.06. The van der Waals surface area contributed by atoms with Gasteiger partial charge in [0, 0.05) is 4.90 Å². The second kappa shape index (κ2) is 8.22. The average molecular weight is 266 g/mol. The van der Waals surface area contributed by atoms with Crippen molar-refractivity contribution in [1.29, 1.82) is 0 Å². The number of hydrogen-bond donors (Lipinski definition) is 1. The van der Waals surface area contributed by atoms with Gasteiger partial charge in [-0.15, -0.1) is 0 Å². The van der Waals surface area contributed by atoms with E-state index in [0.717, 1.165) is 29.7 Å². The number of aliphatic hydroxyl groups is 1. The fourth-order valence-electron chi connectivity index (χ4n) is 1.57. The first-order valence-electron chi connectivity index (χ1n) is 6.43. The Morgan fingerprint density at radius 3 is 2.61 bits per heavy atom. The van der Waals surface area contributed by atoms with Crippen molar-refractivity contribution >= 4 is 10.8 Å². The number of allylic oxidation sites excluding steroid dienone is 1. The zero-order valence-electron chi connectivity index (χ0n) is 11.1. The number of aliphatic hydroxyl groups excluding tert-OH is 1. The molecule has 1 aromatic carbocycles. The zero-order chi connectivity index (χ0) is 13.4. The number of rotatable bonds is 7. The molecule has 0 spiro atoms. The van der Waals surface area contributed by atoms with Crippen LogP contribution in [0, 0.1) is 6.92 Å². The summed E-state index contributed by atoms with van der Waals surface area (Å²) in [5.74, 6) is 0.270. The van der Waals surface area contributed by atoms with Crippen LogP contribution in [0.25, 0.3) is 0 Å². The van der Waals surface area contributed by atoms with Gasteiger partial charge in [0.2, 0.25) is 0 Å². The van der Waals surface area contributed by atoms with Gasteiger partial charge in [-0.05, 0) is 25.5 Å². The molecule has 3 heteroatoms. The van der Waals surface area contributed by atoms with Crippen molar-refractivity contribution in [1.82, 2.24) is 0 Å². The molecular formula is C15H22O2S. The lowest BCUT2D eigenvalue weighted by atomic mass is 10.2. The van der Waals surface area contributed by atoms with E-state index in [-0.39, 0.29) is 5.75 Å². The summed E-state index contributed by atoms with van der Waals surface area (Å²) in [6.45, 7) is 4.13. The van der Waals surface area contributed by atoms with Gasteiger partial charge in [-0.1, -0.05) is 49.6 Å². The topological polar surface area (TPSA) is 37.3 Å². The van der Waals surface area contributed by atoms with E-state index in [4.69, 9.17) is 0 Å². The molecular weight excluding hydrogens is 244 g/mol. The lowest BCUT2D eigenvalue weighted by molar-refractivity contribution is 0.247. The summed E-state index contributed by atoms with van der Waals surface area (Å²) in [4.78, 5) is 0.779. The second-order valence-electron chi connectivity index (χ2n) is 4.46. The summed E-state index contributed by atoms with van der Waals surface area (Å²) in [5, 5.41) is 9.75. The maximum atomic E-state index is 12.0. The number of aryl methyl sites for hydroxylation is 1. The van der Waals surface area contributed by atoms with E-state index in [1.807, 2.05) is 37.3 Å². The van der Waals surface area contributed by atoms with Gasteiger partial charge >= 0.3 is 0 Å². The third-order valence-electron chi connectivity index (χ3n) is 2.69. The summed E-state index contributed by atoms with van der Waals surface area (Å²) in [5.41, 5.74) is 1.15. The SMILES string of the molecule is CCCC/C=C/[C@H](O)C[S@](=O)c1ccc(C)cc1. The maximum Gasteiger partial charge on any atom is 0.0839 e. The van der Waals surface area contributed by atoms with Gasteiger partial charge in [-0.2, -0.15) is 0 Å². The van der Waals surface area contributed by atoms with Crippen LogP contribution < -0.4 is 0 Å². The van der Waals surface area contributed by atoms with Crippen molar-refractivity contribution in [3.63, 3.8) is 0 Å². The van der Waals surface area contributed by atoms with E-state index in [9.17, 15) is 9.32 Å². The molecule has 0 saturated heterocycles. The molecule has 0 heterocycles. The van der Waals surface area contributed by atoms with Crippen molar-refractivity contribution in [2.75, 3.05) is 5.75 Å². The van der Waals surface area contributed by atoms with Crippen molar-refractivity contribution < 1.29 is 9.32 Å². The Kier molecular flexibility index (Phi) is 6.91. The molecule has 0 aliphatic rings. The number of hydrogen-bond acceptors (Lipinski definition) is 2. The van der Waals surface area contributed by atoms with Gasteiger partial charge < -0.3 is 5.11 Å². The summed E-state index contributed by atoms with van der Waals surface area (Å²) < 4.78 is 12.0. The predicted octanol–water partition coefficient (Wildman–Crippen LogP) is 3.21. The smallest absolute Gasteiger partial charge is 0.0839 e. The predicted molar refractivity (Wildman–Crippen MR) is 77.1 cm³/mol. The van der Waals surface area contributed by atoms with Gasteiger partial charge in [-0.3, -0.25) is 4.21 Å². The van der Waals surface area contributed by atoms with Gasteiger partial charge in [0.05, 0.1) is 22.7 Å². The van der Waals surface area contributed by atoms with E-state index < -0.39 is 16.9 Å². The average Bonchev–Trinajstić information content (AvgIpc) is 2.35. The Morgan fingerprint density at radius 1 is 1.33 bits per heavy atom. The van der Waals surface area contributed by atoms with Crippen LogP contribution in [-0.2, 0) is 10.8 Å². The van der Waals surface area contributed by atoms with E-state index in [2.05, 4.69) is 6.92 Å². The highest BCUT2D eigenvalue weighted by Gasteiger charge is 2.08. The largest absolute Gasteiger partial charge is 0.388 e. The third-order valence-corrected chi connectivity index (χ3v) is 4.13. The first-order chi connectivity index (χ1) is 8.63. The molecule has 1 N–H and O–H groups in total. The van der Waals surface area contributed by atoms with Crippen LogP contribution in [-0.4, -0.2) is 21.2 Å². The molecule has 2 nitrogen and oxygen atoms in total. The molecule has 1 aromatic rings. The molecule has 0 aliphatic carbocycles. The lowest BCUT2D eigenvalue weighted by Crippen LogP contribution is -2.14. The molecule has 0 unspecified atom stereocenters. The molecule has 0 fully saturated rings. The van der Waals surface area contributed by atoms with Crippen molar-refractivity contribution in [3.8, 4) is 0 Å². The van der Waals surface area contributed by atoms with E-state index in [0.29, 0.717) is 0 Å². The van der Waals surface area contributed by atoms with E-state index in [1.165, 1.54) is 0 Å². The summed E-state index contributed by atoms with van der Waals surface area (Å²) in [6.07, 6.45) is 6.36. The minimum Gasteiger partial charge on any atom is -0.388 e. The summed E-state index contributed by atoms with van der Waals surface area (Å²) >= 11 is 0. The highest BCUT2D eigenvalue weighted by atomic mass is 32.2. The standard InChI is InChI=1S/C15H22O2S/c1-3-4-5-6-7-14(16)12-18(17)15-10-8-13(2)9-11-15/h6-11,14,16H,3-5,12H2,1-2H3/b7-6+/t14-,18-/m0/s1. The van der Waals surface area contributed by atoms with Gasteiger partial charge in [-0.25, -0.2) is 0 Å². The fraction of sp³-hybridized carbons (Fsp3) is 0.467. The first-order valence-corrected chi connectivity index (χ1v) is 7.75. The van der Waals surface area contributed by atoms with Crippen LogP contribution in [0.4, 0.5) is 0 Å². The Hall–Kier alpha value is -0.930. The molecule has 0 aliphatic heterocycles. The van der Waals surface area contributed by atoms with Crippen molar-refractivity contribution in [2.24, 2.45) is 0 Å². The van der Waals surface area contributed by atoms with E-state index in [1.54, 1.807) is 6.08 Å². The minimum atomic E-state index is -1.13. The quantitative estimate of drug-likeness (QED) is 0.608. The third kappa shape index (κ3) is 5.61. The van der Waals surface area contributed by atoms with Crippen molar-refractivity contribution in [3.05, 3.63) is 42.0 Å². The molecule has 0 radical (unpaired) electrons. The second-order valence-corrected chi connectivity index (χ2v) is 5.96. The normalized spacial score (nSPS) is 14.8. The van der Waals surface area contributed by atoms with Gasteiger partial charge in [0.1, 0.15) is 0 Å². The maximum absolute atomic E-state index is 12.0. The Bertz CT molecular complexity index is 395. The molecule has 100 valence electrons. The Morgan fingerprint density at radius 2 is 2.00 bits per heavy atom. The molecule has 2 atom stereocenters. The van der Waals surface area contributed by atoms with Crippen LogP contribution in [0.15, 0.2) is 41.3 Å². The molecule has 0 saturated carbocycles. The Labute approximate surface area is 112 Å². The molecule has 0 amide bonds. The first kappa shape index (κ1) is 15.1. The fourth-order valence-corrected chi connectivity index (χ4v) is 2.63. The minimum absolute atomic E-state index is 0.270. The van der Waals surface area contributed by atoms with Crippen LogP contribution in [0.3, 0.4) is 0 Å². The zero-order valence-corrected chi connectivity index (χ0v) is 12.0. The molecule has 18 heavy (non-hydrogen) atoms. The van der Waals surface area contributed by atoms with Crippen LogP contribution in [0.1, 0.15) is 31.7 Å². The van der Waals surface area contributed by atoms with Crippen LogP contribution in [0.2, 0.25) is 0 Å². The van der Waals surface area contributed by atoms with Gasteiger partial charge in [0.15, 0.2) is 0 Å². The molecule has 0 aromatic heterocycles. The monoisotopic (exact) mass is 266 g/mol. The number of benzene rings is 1. The highest BCUT2D eigenvalue weighted by Crippen LogP contribution is 2.10. The molecule has 0 bridgehead atoms. The van der Waals surface area contributed by atoms with Gasteiger partial charge in [0.25, 0.3) is 0 Å².